The fourth-order valence-corrected chi connectivity index (χ4v) is 3.24. The zero-order valence-electron chi connectivity index (χ0n) is 18.7. The van der Waals surface area contributed by atoms with Gasteiger partial charge in [-0.2, -0.15) is 5.53 Å². The monoisotopic (exact) mass is 518 g/mol. The average Bonchev–Trinajstić information content (AvgIpc) is 2.69. The second kappa shape index (κ2) is 11.4. The van der Waals surface area contributed by atoms with E-state index in [1.54, 1.807) is 11.8 Å². The number of aryl methyl sites for hydroxylation is 1. The third kappa shape index (κ3) is 14.7. The van der Waals surface area contributed by atoms with Crippen LogP contribution in [-0.4, -0.2) is 13.2 Å². The van der Waals surface area contributed by atoms with E-state index in [1.807, 2.05) is 12.1 Å². The third-order valence-corrected chi connectivity index (χ3v) is 4.97. The molecule has 0 saturated heterocycles. The molecule has 0 fully saturated rings. The van der Waals surface area contributed by atoms with Crippen LogP contribution in [0.25, 0.3) is 0 Å². The summed E-state index contributed by atoms with van der Waals surface area (Å²) in [7, 11) is -10.7. The molecular weight excluding hydrogens is 489 g/mol. The van der Waals surface area contributed by atoms with Crippen LogP contribution in [0.3, 0.4) is 0 Å². The van der Waals surface area contributed by atoms with Gasteiger partial charge in [-0.3, -0.25) is 0 Å². The molecule has 0 unspecified atom stereocenters. The first-order valence-corrected chi connectivity index (χ1v) is 13.1. The standard InChI is InChI=1S/C21H28N2O2S.F6P/c1-4-6-12-24-19-15-21(26-17-10-8-16(3)9-11-17)20(14-18(19)23-22)25-13-7-5-2;1-7(2,3,4,5)6/h8-11,14-15,22H,4-7,12-13H2,1-3H3;/q;-1/p+1. The van der Waals surface area contributed by atoms with Gasteiger partial charge in [-0.1, -0.05) is 56.1 Å². The van der Waals surface area contributed by atoms with Gasteiger partial charge in [0.1, 0.15) is 5.75 Å². The van der Waals surface area contributed by atoms with Crippen LogP contribution in [0.4, 0.5) is 30.9 Å². The minimum atomic E-state index is -10.7. The second-order valence-corrected chi connectivity index (χ2v) is 10.2. The number of nitrogens with zero attached hydrogens (tertiary/aromatic N) is 1. The van der Waals surface area contributed by atoms with E-state index in [0.29, 0.717) is 24.7 Å². The summed E-state index contributed by atoms with van der Waals surface area (Å²) in [5.41, 5.74) is 7.45. The van der Waals surface area contributed by atoms with Crippen molar-refractivity contribution in [1.29, 1.82) is 0 Å². The number of nitrogens with two attached hydrogens (primary N) is 1. The van der Waals surface area contributed by atoms with E-state index < -0.39 is 7.81 Å². The molecule has 188 valence electrons. The fourth-order valence-electron chi connectivity index (χ4n) is 2.33. The second-order valence-electron chi connectivity index (χ2n) is 7.17. The van der Waals surface area contributed by atoms with Crippen LogP contribution < -0.4 is 15.0 Å². The van der Waals surface area contributed by atoms with Gasteiger partial charge in [0.05, 0.1) is 18.1 Å². The van der Waals surface area contributed by atoms with Crippen molar-refractivity contribution in [3.8, 4) is 11.5 Å². The molecule has 4 nitrogen and oxygen atoms in total. The van der Waals surface area contributed by atoms with Crippen LogP contribution in [0.1, 0.15) is 45.1 Å². The maximum absolute atomic E-state index is 10.7. The zero-order valence-corrected chi connectivity index (χ0v) is 20.4. The Kier molecular flexibility index (Phi) is 10.0. The molecule has 33 heavy (non-hydrogen) atoms. The fraction of sp³-hybridized carbons (Fsp3) is 0.429. The van der Waals surface area contributed by atoms with Crippen LogP contribution in [0.5, 0.6) is 11.5 Å². The Hall–Kier alpha value is -2.00. The zero-order chi connectivity index (χ0) is 25.2. The quantitative estimate of drug-likeness (QED) is 0.140. The van der Waals surface area contributed by atoms with E-state index in [-0.39, 0.29) is 0 Å². The van der Waals surface area contributed by atoms with E-state index in [4.69, 9.17) is 15.0 Å². The number of unbranched alkanes of at least 4 members (excludes halogenated alkanes) is 2. The van der Waals surface area contributed by atoms with Gasteiger partial charge in [0.25, 0.3) is 0 Å². The van der Waals surface area contributed by atoms with Crippen LogP contribution in [-0.2, 0) is 0 Å². The van der Waals surface area contributed by atoms with Crippen LogP contribution in [0, 0.1) is 6.92 Å². The summed E-state index contributed by atoms with van der Waals surface area (Å²) in [6.45, 7) is 7.71. The molecule has 0 aliphatic heterocycles. The molecule has 2 aromatic rings. The molecule has 0 bridgehead atoms. The Balaban J connectivity index is 0.000000675. The Morgan fingerprint density at radius 3 is 1.79 bits per heavy atom. The number of hydrogen-bond acceptors (Lipinski definition) is 4. The van der Waals surface area contributed by atoms with Gasteiger partial charge in [0, 0.05) is 17.0 Å². The summed E-state index contributed by atoms with van der Waals surface area (Å²) in [6.07, 6.45) is 4.18. The molecular formula is C21H29F6N2O2PS. The molecule has 0 spiro atoms. The van der Waals surface area contributed by atoms with Crippen LogP contribution in [0.15, 0.2) is 51.3 Å². The van der Waals surface area contributed by atoms with Gasteiger partial charge in [0.15, 0.2) is 11.4 Å². The molecule has 0 aromatic heterocycles. The number of halogens is 6. The Bertz CT molecular complexity index is 898. The Morgan fingerprint density at radius 1 is 0.848 bits per heavy atom. The van der Waals surface area contributed by atoms with Crippen molar-refractivity contribution in [2.24, 2.45) is 5.11 Å². The molecule has 0 radical (unpaired) electrons. The molecule has 0 aliphatic carbocycles. The van der Waals surface area contributed by atoms with E-state index in [2.05, 4.69) is 50.2 Å². The normalized spacial score (nSPS) is 13.2. The molecule has 2 N–H and O–H groups in total. The molecule has 0 heterocycles. The predicted molar refractivity (Wildman–Crippen MR) is 120 cm³/mol. The maximum atomic E-state index is 9.87. The van der Waals surface area contributed by atoms with Crippen LogP contribution >= 0.6 is 19.6 Å². The molecule has 0 aliphatic rings. The minimum absolute atomic E-state index is 0.626. The molecule has 12 heteroatoms. The molecule has 2 aromatic carbocycles. The Morgan fingerprint density at radius 2 is 1.33 bits per heavy atom. The van der Waals surface area contributed by atoms with Gasteiger partial charge >= 0.3 is 33.0 Å². The summed E-state index contributed by atoms with van der Waals surface area (Å²) in [5.74, 6) is 1.51. The van der Waals surface area contributed by atoms with Crippen molar-refractivity contribution < 1.29 is 40.2 Å². The molecule has 2 rings (SSSR count). The van der Waals surface area contributed by atoms with Crippen molar-refractivity contribution in [3.63, 3.8) is 0 Å². The number of rotatable bonds is 11. The predicted octanol–water partition coefficient (Wildman–Crippen LogP) is 8.73. The van der Waals surface area contributed by atoms with Crippen molar-refractivity contribution in [2.75, 3.05) is 13.2 Å². The van der Waals surface area contributed by atoms with E-state index in [0.717, 1.165) is 41.2 Å². The SMILES string of the molecule is CCCCOc1cc(Sc2ccc(C)cc2)c(OCCCC)cc1N=[NH2+].F[P-](F)(F)(F)(F)F. The van der Waals surface area contributed by atoms with Crippen molar-refractivity contribution >= 4 is 25.3 Å². The van der Waals surface area contributed by atoms with E-state index in [1.165, 1.54) is 5.56 Å². The van der Waals surface area contributed by atoms with Gasteiger partial charge in [-0.15, -0.1) is 0 Å². The molecule has 0 saturated carbocycles. The number of ether oxygens (including phenoxy) is 2. The summed E-state index contributed by atoms with van der Waals surface area (Å²) in [6, 6.07) is 12.3. The van der Waals surface area contributed by atoms with Crippen molar-refractivity contribution in [2.45, 2.75) is 56.2 Å². The first-order chi connectivity index (χ1) is 15.1. The van der Waals surface area contributed by atoms with Crippen molar-refractivity contribution in [1.82, 2.24) is 0 Å². The summed E-state index contributed by atoms with van der Waals surface area (Å²) >= 11 is 1.67. The average molecular weight is 519 g/mol. The van der Waals surface area contributed by atoms with Gasteiger partial charge in [-0.25, -0.2) is 0 Å². The summed E-state index contributed by atoms with van der Waals surface area (Å²) < 4.78 is 71.1. The van der Waals surface area contributed by atoms with E-state index in [9.17, 15) is 25.2 Å². The topological polar surface area (TPSA) is 56.4 Å². The number of hydrogen-bond donors (Lipinski definition) is 1. The molecule has 0 atom stereocenters. The van der Waals surface area contributed by atoms with Gasteiger partial charge < -0.3 is 9.47 Å². The third-order valence-electron chi connectivity index (χ3n) is 3.92. The van der Waals surface area contributed by atoms with E-state index >= 15 is 0 Å². The first-order valence-electron chi connectivity index (χ1n) is 10.3. The summed E-state index contributed by atoms with van der Waals surface area (Å²) in [4.78, 5) is 2.18. The Labute approximate surface area is 193 Å². The van der Waals surface area contributed by atoms with Gasteiger partial charge in [-0.05, 0) is 37.0 Å². The summed E-state index contributed by atoms with van der Waals surface area (Å²) in [5, 5.41) is 3.88. The number of benzene rings is 2. The first kappa shape index (κ1) is 29.0. The van der Waals surface area contributed by atoms with Crippen LogP contribution in [0.2, 0.25) is 0 Å². The van der Waals surface area contributed by atoms with Gasteiger partial charge in [0.2, 0.25) is 0 Å². The molecule has 0 amide bonds. The van der Waals surface area contributed by atoms with Crippen molar-refractivity contribution in [3.05, 3.63) is 42.0 Å².